The number of nitrogens with zero attached hydrogens (tertiary/aromatic N) is 2. The van der Waals surface area contributed by atoms with Crippen LogP contribution in [0.2, 0.25) is 0 Å². The standard InChI is InChI=1S/C35H30F3N3O4S/c1-21-5-9-24(10-6-21)33-32(34(42)39-2)28-18-27(30(19-31(28)45-33)40(3)46(4,43)44)25-12-11-23-15-16-41(29(23)17-25)20-22-7-13-26(14-8-22)35(36,37)38/h5-19H,20H2,1-4H3,(H,39,42). The van der Waals surface area contributed by atoms with Gasteiger partial charge >= 0.3 is 6.18 Å². The minimum absolute atomic E-state index is 0.322. The molecular formula is C35H30F3N3O4S. The van der Waals surface area contributed by atoms with Gasteiger partial charge in [-0.25, -0.2) is 8.42 Å². The van der Waals surface area contributed by atoms with Gasteiger partial charge in [0, 0.05) is 54.9 Å². The van der Waals surface area contributed by atoms with Gasteiger partial charge in [0.05, 0.1) is 23.1 Å². The van der Waals surface area contributed by atoms with Gasteiger partial charge in [-0.15, -0.1) is 0 Å². The molecule has 236 valence electrons. The van der Waals surface area contributed by atoms with Crippen molar-refractivity contribution in [3.8, 4) is 22.5 Å². The number of nitrogens with one attached hydrogen (secondary N) is 1. The molecule has 0 aliphatic rings. The van der Waals surface area contributed by atoms with E-state index >= 15 is 0 Å². The number of amides is 1. The average Bonchev–Trinajstić information content (AvgIpc) is 3.60. The lowest BCUT2D eigenvalue weighted by atomic mass is 9.97. The molecule has 6 aromatic rings. The van der Waals surface area contributed by atoms with E-state index < -0.39 is 21.8 Å². The zero-order valence-electron chi connectivity index (χ0n) is 25.4. The third kappa shape index (κ3) is 5.74. The van der Waals surface area contributed by atoms with Gasteiger partial charge < -0.3 is 14.3 Å². The van der Waals surface area contributed by atoms with Crippen LogP contribution >= 0.6 is 0 Å². The third-order valence-electron chi connectivity index (χ3n) is 8.13. The van der Waals surface area contributed by atoms with Gasteiger partial charge in [0.1, 0.15) is 11.3 Å². The van der Waals surface area contributed by atoms with E-state index in [1.54, 1.807) is 12.1 Å². The zero-order valence-corrected chi connectivity index (χ0v) is 26.3. The number of halogens is 3. The first-order chi connectivity index (χ1) is 21.7. The Hall–Kier alpha value is -5.03. The van der Waals surface area contributed by atoms with Gasteiger partial charge in [0.25, 0.3) is 5.91 Å². The molecule has 7 nitrogen and oxygen atoms in total. The number of fused-ring (bicyclic) bond motifs is 2. The van der Waals surface area contributed by atoms with E-state index in [1.807, 2.05) is 66.2 Å². The van der Waals surface area contributed by atoms with Crippen LogP contribution < -0.4 is 9.62 Å². The molecule has 0 bridgehead atoms. The third-order valence-corrected chi connectivity index (χ3v) is 9.32. The van der Waals surface area contributed by atoms with Gasteiger partial charge in [0.15, 0.2) is 0 Å². The summed E-state index contributed by atoms with van der Waals surface area (Å²) in [7, 11) is -0.717. The van der Waals surface area contributed by atoms with Gasteiger partial charge in [-0.1, -0.05) is 54.1 Å². The molecule has 1 amide bonds. The van der Waals surface area contributed by atoms with Crippen molar-refractivity contribution in [3.05, 3.63) is 113 Å². The predicted octanol–water partition coefficient (Wildman–Crippen LogP) is 7.85. The van der Waals surface area contributed by atoms with Gasteiger partial charge in [-0.3, -0.25) is 9.10 Å². The summed E-state index contributed by atoms with van der Waals surface area (Å²) in [5.41, 5.74) is 4.74. The molecule has 1 N–H and O–H groups in total. The number of carbonyl (C=O) groups is 1. The monoisotopic (exact) mass is 645 g/mol. The summed E-state index contributed by atoms with van der Waals surface area (Å²) < 4.78 is 74.2. The van der Waals surface area contributed by atoms with Crippen molar-refractivity contribution in [2.75, 3.05) is 24.7 Å². The van der Waals surface area contributed by atoms with Crippen LogP contribution in [-0.4, -0.2) is 39.2 Å². The van der Waals surface area contributed by atoms with E-state index in [0.717, 1.165) is 34.9 Å². The molecule has 0 saturated heterocycles. The number of hydrogen-bond donors (Lipinski definition) is 1. The largest absolute Gasteiger partial charge is 0.455 e. The molecule has 2 heterocycles. The van der Waals surface area contributed by atoms with Crippen molar-refractivity contribution in [1.29, 1.82) is 0 Å². The number of alkyl halides is 3. The highest BCUT2D eigenvalue weighted by Crippen LogP contribution is 2.42. The number of sulfonamides is 1. The number of anilines is 1. The highest BCUT2D eigenvalue weighted by atomic mass is 32.2. The van der Waals surface area contributed by atoms with Crippen molar-refractivity contribution in [2.24, 2.45) is 0 Å². The SMILES string of the molecule is CNC(=O)c1c(-c2ccc(C)cc2)oc2cc(N(C)S(C)(=O)=O)c(-c3ccc4ccn(Cc5ccc(C(F)(F)F)cc5)c4c3)cc12. The Morgan fingerprint density at radius 2 is 1.61 bits per heavy atom. The van der Waals surface area contributed by atoms with Crippen LogP contribution in [-0.2, 0) is 22.7 Å². The maximum absolute atomic E-state index is 13.3. The summed E-state index contributed by atoms with van der Waals surface area (Å²) in [4.78, 5) is 13.3. The topological polar surface area (TPSA) is 84.6 Å². The highest BCUT2D eigenvalue weighted by molar-refractivity contribution is 7.92. The second-order valence-electron chi connectivity index (χ2n) is 11.3. The molecule has 0 unspecified atom stereocenters. The Labute approximate surface area is 263 Å². The van der Waals surface area contributed by atoms with E-state index in [1.165, 1.54) is 30.5 Å². The fourth-order valence-electron chi connectivity index (χ4n) is 5.55. The minimum atomic E-state index is -4.42. The lowest BCUT2D eigenvalue weighted by molar-refractivity contribution is -0.137. The molecule has 0 atom stereocenters. The van der Waals surface area contributed by atoms with Crippen LogP contribution in [0, 0.1) is 6.92 Å². The highest BCUT2D eigenvalue weighted by Gasteiger charge is 2.30. The van der Waals surface area contributed by atoms with Crippen molar-refractivity contribution in [1.82, 2.24) is 9.88 Å². The second kappa shape index (κ2) is 11.4. The van der Waals surface area contributed by atoms with E-state index in [4.69, 9.17) is 4.42 Å². The number of aromatic nitrogens is 1. The Bertz CT molecular complexity index is 2220. The molecule has 0 aliphatic carbocycles. The average molecular weight is 646 g/mol. The fraction of sp³-hybridized carbons (Fsp3) is 0.171. The molecule has 46 heavy (non-hydrogen) atoms. The summed E-state index contributed by atoms with van der Waals surface area (Å²) in [6.45, 7) is 2.28. The Kier molecular flexibility index (Phi) is 7.68. The van der Waals surface area contributed by atoms with Crippen molar-refractivity contribution >= 4 is 43.5 Å². The van der Waals surface area contributed by atoms with E-state index in [9.17, 15) is 26.4 Å². The summed E-state index contributed by atoms with van der Waals surface area (Å²) in [6, 6.07) is 23.6. The number of aryl methyl sites for hydroxylation is 1. The van der Waals surface area contributed by atoms with Gasteiger partial charge in [-0.2, -0.15) is 13.2 Å². The summed E-state index contributed by atoms with van der Waals surface area (Å²) in [6.07, 6.45) is -1.46. The fourth-order valence-corrected chi connectivity index (χ4v) is 6.05. The van der Waals surface area contributed by atoms with Gasteiger partial charge in [-0.05, 0) is 53.8 Å². The van der Waals surface area contributed by atoms with E-state index in [0.29, 0.717) is 56.8 Å². The molecule has 0 spiro atoms. The smallest absolute Gasteiger partial charge is 0.416 e. The second-order valence-corrected chi connectivity index (χ2v) is 13.3. The van der Waals surface area contributed by atoms with Crippen LogP contribution in [0.1, 0.15) is 27.0 Å². The first kappa shape index (κ1) is 31.0. The number of benzene rings is 4. The molecule has 2 aromatic heterocycles. The molecule has 11 heteroatoms. The maximum Gasteiger partial charge on any atom is 0.416 e. The van der Waals surface area contributed by atoms with Crippen molar-refractivity contribution in [3.63, 3.8) is 0 Å². The minimum Gasteiger partial charge on any atom is -0.455 e. The molecule has 6 rings (SSSR count). The summed E-state index contributed by atoms with van der Waals surface area (Å²) in [5, 5.41) is 4.10. The van der Waals surface area contributed by atoms with Crippen LogP contribution in [0.4, 0.5) is 18.9 Å². The molecular weight excluding hydrogens is 615 g/mol. The number of carbonyl (C=O) groups excluding carboxylic acids is 1. The molecule has 0 saturated carbocycles. The first-order valence-corrected chi connectivity index (χ1v) is 16.2. The number of rotatable bonds is 7. The molecule has 0 fully saturated rings. The van der Waals surface area contributed by atoms with Crippen molar-refractivity contribution in [2.45, 2.75) is 19.6 Å². The first-order valence-electron chi connectivity index (χ1n) is 14.3. The Morgan fingerprint density at radius 3 is 2.24 bits per heavy atom. The van der Waals surface area contributed by atoms with Crippen LogP contribution in [0.15, 0.2) is 95.5 Å². The predicted molar refractivity (Wildman–Crippen MR) is 175 cm³/mol. The van der Waals surface area contributed by atoms with E-state index in [-0.39, 0.29) is 5.91 Å². The number of furan rings is 1. The Balaban J connectivity index is 1.53. The maximum atomic E-state index is 13.3. The lowest BCUT2D eigenvalue weighted by Gasteiger charge is -2.21. The molecule has 0 aliphatic heterocycles. The molecule has 4 aromatic carbocycles. The van der Waals surface area contributed by atoms with Gasteiger partial charge in [0.2, 0.25) is 10.0 Å². The van der Waals surface area contributed by atoms with Crippen LogP contribution in [0.3, 0.4) is 0 Å². The zero-order chi connectivity index (χ0) is 33.0. The Morgan fingerprint density at radius 1 is 0.935 bits per heavy atom. The van der Waals surface area contributed by atoms with Crippen LogP contribution in [0.5, 0.6) is 0 Å². The normalized spacial score (nSPS) is 12.2. The van der Waals surface area contributed by atoms with Crippen molar-refractivity contribution < 1.29 is 30.8 Å². The molecule has 0 radical (unpaired) electrons. The summed E-state index contributed by atoms with van der Waals surface area (Å²) >= 11 is 0. The van der Waals surface area contributed by atoms with E-state index in [2.05, 4.69) is 5.32 Å². The lowest BCUT2D eigenvalue weighted by Crippen LogP contribution is -2.25. The quantitative estimate of drug-likeness (QED) is 0.192. The number of hydrogen-bond acceptors (Lipinski definition) is 4. The summed E-state index contributed by atoms with van der Waals surface area (Å²) in [5.74, 6) is 0.00527. The van der Waals surface area contributed by atoms with Crippen LogP contribution in [0.25, 0.3) is 44.3 Å².